The van der Waals surface area contributed by atoms with E-state index in [1.165, 1.54) is 0 Å². The fraction of sp³-hybridized carbons (Fsp3) is 0.167. The Bertz CT molecular complexity index is 505. The number of hydrogen-bond acceptors (Lipinski definition) is 3. The molecule has 0 saturated heterocycles. The minimum atomic E-state index is 0.672. The summed E-state index contributed by atoms with van der Waals surface area (Å²) in [5, 5.41) is 16.0. The van der Waals surface area contributed by atoms with Crippen molar-refractivity contribution >= 4 is 5.69 Å². The number of benzene rings is 1. The molecule has 0 unspecified atom stereocenters. The van der Waals surface area contributed by atoms with Crippen molar-refractivity contribution in [2.24, 2.45) is 7.05 Å². The monoisotopic (exact) mass is 212 g/mol. The SMILES string of the molecule is Cn1nccc1CNc1ccc(C#N)cc1. The van der Waals surface area contributed by atoms with Gasteiger partial charge in [0, 0.05) is 18.9 Å². The Morgan fingerprint density at radius 2 is 2.06 bits per heavy atom. The Morgan fingerprint density at radius 1 is 1.31 bits per heavy atom. The van der Waals surface area contributed by atoms with Gasteiger partial charge in [-0.05, 0) is 30.3 Å². The molecule has 2 rings (SSSR count). The highest BCUT2D eigenvalue weighted by atomic mass is 15.3. The molecule has 4 heteroatoms. The first-order valence-electron chi connectivity index (χ1n) is 5.00. The normalized spacial score (nSPS) is 9.75. The molecule has 80 valence electrons. The molecule has 0 aliphatic rings. The predicted octanol–water partition coefficient (Wildman–Crippen LogP) is 1.90. The summed E-state index contributed by atoms with van der Waals surface area (Å²) in [5.74, 6) is 0. The summed E-state index contributed by atoms with van der Waals surface area (Å²) in [6.45, 7) is 0.725. The maximum absolute atomic E-state index is 8.66. The van der Waals surface area contributed by atoms with E-state index in [1.54, 1.807) is 18.3 Å². The molecule has 0 amide bonds. The summed E-state index contributed by atoms with van der Waals surface area (Å²) in [7, 11) is 1.91. The van der Waals surface area contributed by atoms with Crippen LogP contribution in [0, 0.1) is 11.3 Å². The summed E-state index contributed by atoms with van der Waals surface area (Å²) in [5.41, 5.74) is 2.79. The molecule has 1 aromatic carbocycles. The molecule has 0 atom stereocenters. The van der Waals surface area contributed by atoms with Crippen molar-refractivity contribution in [2.45, 2.75) is 6.54 Å². The van der Waals surface area contributed by atoms with E-state index in [0.717, 1.165) is 17.9 Å². The van der Waals surface area contributed by atoms with Crippen LogP contribution >= 0.6 is 0 Å². The molecule has 1 heterocycles. The van der Waals surface area contributed by atoms with Crippen LogP contribution < -0.4 is 5.32 Å². The van der Waals surface area contributed by atoms with E-state index >= 15 is 0 Å². The van der Waals surface area contributed by atoms with Gasteiger partial charge in [-0.2, -0.15) is 10.4 Å². The van der Waals surface area contributed by atoms with E-state index in [-0.39, 0.29) is 0 Å². The van der Waals surface area contributed by atoms with Crippen molar-refractivity contribution < 1.29 is 0 Å². The van der Waals surface area contributed by atoms with Gasteiger partial charge in [-0.25, -0.2) is 0 Å². The zero-order valence-electron chi connectivity index (χ0n) is 9.01. The fourth-order valence-electron chi connectivity index (χ4n) is 1.43. The minimum Gasteiger partial charge on any atom is -0.379 e. The number of aromatic nitrogens is 2. The molecule has 4 nitrogen and oxygen atoms in total. The highest BCUT2D eigenvalue weighted by Crippen LogP contribution is 2.10. The Hall–Kier alpha value is -2.28. The summed E-state index contributed by atoms with van der Waals surface area (Å²) in [6, 6.07) is 11.4. The lowest BCUT2D eigenvalue weighted by Crippen LogP contribution is -2.05. The average Bonchev–Trinajstić information content (AvgIpc) is 2.73. The highest BCUT2D eigenvalue weighted by molar-refractivity contribution is 5.47. The summed E-state index contributed by atoms with van der Waals surface area (Å²) in [4.78, 5) is 0. The van der Waals surface area contributed by atoms with E-state index in [4.69, 9.17) is 5.26 Å². The van der Waals surface area contributed by atoms with E-state index < -0.39 is 0 Å². The lowest BCUT2D eigenvalue weighted by atomic mass is 10.2. The maximum atomic E-state index is 8.66. The molecule has 1 N–H and O–H groups in total. The second-order valence-electron chi connectivity index (χ2n) is 3.49. The zero-order valence-corrected chi connectivity index (χ0v) is 9.01. The van der Waals surface area contributed by atoms with Crippen molar-refractivity contribution in [2.75, 3.05) is 5.32 Å². The van der Waals surface area contributed by atoms with Crippen LogP contribution in [-0.2, 0) is 13.6 Å². The lowest BCUT2D eigenvalue weighted by Gasteiger charge is -2.06. The first-order valence-corrected chi connectivity index (χ1v) is 5.00. The molecule has 0 spiro atoms. The number of hydrogen-bond donors (Lipinski definition) is 1. The molecule has 1 aromatic heterocycles. The standard InChI is InChI=1S/C12H12N4/c1-16-12(6-7-15-16)9-14-11-4-2-10(8-13)3-5-11/h2-7,14H,9H2,1H3. The minimum absolute atomic E-state index is 0.672. The number of aryl methyl sites for hydroxylation is 1. The van der Waals surface area contributed by atoms with Crippen molar-refractivity contribution in [1.82, 2.24) is 9.78 Å². The fourth-order valence-corrected chi connectivity index (χ4v) is 1.43. The Morgan fingerprint density at radius 3 is 2.62 bits per heavy atom. The number of nitrogens with zero attached hydrogens (tertiary/aromatic N) is 3. The third-order valence-corrected chi connectivity index (χ3v) is 2.41. The molecule has 2 aromatic rings. The Labute approximate surface area is 94.1 Å². The van der Waals surface area contributed by atoms with Crippen LogP contribution in [0.15, 0.2) is 36.5 Å². The first kappa shape index (κ1) is 10.2. The molecular weight excluding hydrogens is 200 g/mol. The van der Waals surface area contributed by atoms with Gasteiger partial charge < -0.3 is 5.32 Å². The van der Waals surface area contributed by atoms with Gasteiger partial charge in [-0.3, -0.25) is 4.68 Å². The molecule has 0 radical (unpaired) electrons. The van der Waals surface area contributed by atoms with Gasteiger partial charge in [0.25, 0.3) is 0 Å². The average molecular weight is 212 g/mol. The number of nitrogens with one attached hydrogen (secondary N) is 1. The summed E-state index contributed by atoms with van der Waals surface area (Å²) < 4.78 is 1.83. The maximum Gasteiger partial charge on any atom is 0.0991 e. The molecule has 0 aliphatic heterocycles. The second kappa shape index (κ2) is 4.49. The van der Waals surface area contributed by atoms with Crippen LogP contribution in [0.3, 0.4) is 0 Å². The van der Waals surface area contributed by atoms with Crippen LogP contribution in [0.4, 0.5) is 5.69 Å². The van der Waals surface area contributed by atoms with E-state index in [2.05, 4.69) is 16.5 Å². The Balaban J connectivity index is 2.00. The molecular formula is C12H12N4. The van der Waals surface area contributed by atoms with Gasteiger partial charge in [0.2, 0.25) is 0 Å². The van der Waals surface area contributed by atoms with Crippen LogP contribution in [0.1, 0.15) is 11.3 Å². The van der Waals surface area contributed by atoms with Crippen LogP contribution in [0.25, 0.3) is 0 Å². The molecule has 0 bridgehead atoms. The molecule has 16 heavy (non-hydrogen) atoms. The van der Waals surface area contributed by atoms with Crippen molar-refractivity contribution in [3.05, 3.63) is 47.8 Å². The molecule has 0 saturated carbocycles. The van der Waals surface area contributed by atoms with E-state index in [1.807, 2.05) is 29.9 Å². The number of nitriles is 1. The molecule has 0 aliphatic carbocycles. The van der Waals surface area contributed by atoms with Crippen molar-refractivity contribution in [1.29, 1.82) is 5.26 Å². The quantitative estimate of drug-likeness (QED) is 0.845. The van der Waals surface area contributed by atoms with Gasteiger partial charge >= 0.3 is 0 Å². The largest absolute Gasteiger partial charge is 0.379 e. The van der Waals surface area contributed by atoms with Crippen molar-refractivity contribution in [3.63, 3.8) is 0 Å². The van der Waals surface area contributed by atoms with Gasteiger partial charge in [-0.15, -0.1) is 0 Å². The third kappa shape index (κ3) is 2.20. The van der Waals surface area contributed by atoms with Crippen LogP contribution in [0.5, 0.6) is 0 Å². The van der Waals surface area contributed by atoms with Gasteiger partial charge in [0.1, 0.15) is 0 Å². The third-order valence-electron chi connectivity index (χ3n) is 2.41. The number of anilines is 1. The van der Waals surface area contributed by atoms with Gasteiger partial charge in [0.05, 0.1) is 23.9 Å². The lowest BCUT2D eigenvalue weighted by molar-refractivity contribution is 0.720. The van der Waals surface area contributed by atoms with Crippen LogP contribution in [-0.4, -0.2) is 9.78 Å². The van der Waals surface area contributed by atoms with Crippen LogP contribution in [0.2, 0.25) is 0 Å². The molecule has 0 fully saturated rings. The zero-order chi connectivity index (χ0) is 11.4. The summed E-state index contributed by atoms with van der Waals surface area (Å²) in [6.07, 6.45) is 1.77. The van der Waals surface area contributed by atoms with E-state index in [0.29, 0.717) is 5.56 Å². The Kier molecular flexibility index (Phi) is 2.88. The second-order valence-corrected chi connectivity index (χ2v) is 3.49. The smallest absolute Gasteiger partial charge is 0.0991 e. The van der Waals surface area contributed by atoms with Gasteiger partial charge in [-0.1, -0.05) is 0 Å². The van der Waals surface area contributed by atoms with Crippen molar-refractivity contribution in [3.8, 4) is 6.07 Å². The summed E-state index contributed by atoms with van der Waals surface area (Å²) >= 11 is 0. The topological polar surface area (TPSA) is 53.6 Å². The predicted molar refractivity (Wildman–Crippen MR) is 61.7 cm³/mol. The van der Waals surface area contributed by atoms with E-state index in [9.17, 15) is 0 Å². The highest BCUT2D eigenvalue weighted by Gasteiger charge is 1.98. The van der Waals surface area contributed by atoms with Gasteiger partial charge in [0.15, 0.2) is 0 Å². The number of rotatable bonds is 3. The first-order chi connectivity index (χ1) is 7.79.